The van der Waals surface area contributed by atoms with Crippen molar-refractivity contribution < 1.29 is 0 Å². The summed E-state index contributed by atoms with van der Waals surface area (Å²) in [6.07, 6.45) is 7.76. The first kappa shape index (κ1) is 11.5. The highest BCUT2D eigenvalue weighted by molar-refractivity contribution is 5.47. The Balaban J connectivity index is 2.02. The summed E-state index contributed by atoms with van der Waals surface area (Å²) in [5.74, 6) is 0. The zero-order valence-electron chi connectivity index (χ0n) is 10.2. The van der Waals surface area contributed by atoms with Crippen LogP contribution in [0.25, 0.3) is 0 Å². The van der Waals surface area contributed by atoms with E-state index in [1.165, 1.54) is 24.9 Å². The normalized spacial score (nSPS) is 25.7. The molecular formula is C12H22N4. The van der Waals surface area contributed by atoms with Gasteiger partial charge in [-0.05, 0) is 32.1 Å². The standard InChI is InChI=1S/C12H22N4/c1-3-11-12(8-16(2)15-11)14-10-6-4-5-9(13)7-10/h8-10,14H,3-7,13H2,1-2H3. The predicted octanol–water partition coefficient (Wildman–Crippen LogP) is 1.66. The van der Waals surface area contributed by atoms with Crippen molar-refractivity contribution in [3.63, 3.8) is 0 Å². The maximum absolute atomic E-state index is 5.99. The van der Waals surface area contributed by atoms with Crippen molar-refractivity contribution in [2.75, 3.05) is 5.32 Å². The number of nitrogens with two attached hydrogens (primary N) is 1. The Kier molecular flexibility index (Phi) is 3.49. The van der Waals surface area contributed by atoms with E-state index in [0.29, 0.717) is 12.1 Å². The third kappa shape index (κ3) is 2.55. The van der Waals surface area contributed by atoms with Gasteiger partial charge in [-0.2, -0.15) is 5.10 Å². The lowest BCUT2D eigenvalue weighted by Crippen LogP contribution is -2.35. The van der Waals surface area contributed by atoms with Crippen molar-refractivity contribution in [3.05, 3.63) is 11.9 Å². The molecule has 2 unspecified atom stereocenters. The van der Waals surface area contributed by atoms with Crippen molar-refractivity contribution in [2.24, 2.45) is 12.8 Å². The SMILES string of the molecule is CCc1nn(C)cc1NC1CCCC(N)C1. The molecule has 16 heavy (non-hydrogen) atoms. The maximum atomic E-state index is 5.99. The van der Waals surface area contributed by atoms with Gasteiger partial charge in [0.1, 0.15) is 0 Å². The minimum absolute atomic E-state index is 0.369. The van der Waals surface area contributed by atoms with Gasteiger partial charge in [0.05, 0.1) is 11.4 Å². The number of aromatic nitrogens is 2. The molecule has 0 bridgehead atoms. The van der Waals surface area contributed by atoms with Crippen LogP contribution in [0.15, 0.2) is 6.20 Å². The lowest BCUT2D eigenvalue weighted by atomic mass is 9.91. The summed E-state index contributed by atoms with van der Waals surface area (Å²) in [6, 6.07) is 0.895. The highest BCUT2D eigenvalue weighted by Crippen LogP contribution is 2.23. The molecule has 1 aliphatic rings. The van der Waals surface area contributed by atoms with Crippen LogP contribution in [-0.4, -0.2) is 21.9 Å². The second kappa shape index (κ2) is 4.87. The molecule has 1 aromatic rings. The van der Waals surface area contributed by atoms with E-state index in [9.17, 15) is 0 Å². The quantitative estimate of drug-likeness (QED) is 0.818. The van der Waals surface area contributed by atoms with Gasteiger partial charge < -0.3 is 11.1 Å². The van der Waals surface area contributed by atoms with Gasteiger partial charge in [0, 0.05) is 25.3 Å². The van der Waals surface area contributed by atoms with Gasteiger partial charge in [0.2, 0.25) is 0 Å². The molecule has 1 saturated carbocycles. The second-order valence-corrected chi connectivity index (χ2v) is 4.78. The van der Waals surface area contributed by atoms with Crippen molar-refractivity contribution in [3.8, 4) is 0 Å². The summed E-state index contributed by atoms with van der Waals surface area (Å²) in [5, 5.41) is 8.02. The van der Waals surface area contributed by atoms with Crippen LogP contribution in [0, 0.1) is 0 Å². The average molecular weight is 222 g/mol. The van der Waals surface area contributed by atoms with Crippen LogP contribution < -0.4 is 11.1 Å². The number of hydrogen-bond donors (Lipinski definition) is 2. The van der Waals surface area contributed by atoms with Gasteiger partial charge in [0.15, 0.2) is 0 Å². The zero-order valence-corrected chi connectivity index (χ0v) is 10.2. The zero-order chi connectivity index (χ0) is 11.5. The van der Waals surface area contributed by atoms with Crippen molar-refractivity contribution in [2.45, 2.75) is 51.1 Å². The Morgan fingerprint density at radius 2 is 2.38 bits per heavy atom. The predicted molar refractivity (Wildman–Crippen MR) is 66.4 cm³/mol. The fraction of sp³-hybridized carbons (Fsp3) is 0.750. The number of nitrogens with zero attached hydrogens (tertiary/aromatic N) is 2. The minimum atomic E-state index is 0.369. The van der Waals surface area contributed by atoms with Gasteiger partial charge in [-0.25, -0.2) is 0 Å². The molecule has 0 aliphatic heterocycles. The van der Waals surface area contributed by atoms with Gasteiger partial charge in [0.25, 0.3) is 0 Å². The van der Waals surface area contributed by atoms with E-state index < -0.39 is 0 Å². The summed E-state index contributed by atoms with van der Waals surface area (Å²) >= 11 is 0. The number of rotatable bonds is 3. The Hall–Kier alpha value is -1.03. The van der Waals surface area contributed by atoms with Crippen LogP contribution in [0.4, 0.5) is 5.69 Å². The third-order valence-electron chi connectivity index (χ3n) is 3.31. The second-order valence-electron chi connectivity index (χ2n) is 4.78. The lowest BCUT2D eigenvalue weighted by molar-refractivity contribution is 0.409. The van der Waals surface area contributed by atoms with Crippen LogP contribution in [-0.2, 0) is 13.5 Å². The third-order valence-corrected chi connectivity index (χ3v) is 3.31. The molecule has 2 rings (SSSR count). The fourth-order valence-electron chi connectivity index (χ4n) is 2.49. The molecule has 0 saturated heterocycles. The van der Waals surface area contributed by atoms with Crippen molar-refractivity contribution in [1.29, 1.82) is 0 Å². The van der Waals surface area contributed by atoms with Crippen LogP contribution in [0.3, 0.4) is 0 Å². The Labute approximate surface area is 97.2 Å². The Bertz CT molecular complexity index is 345. The van der Waals surface area contributed by atoms with Crippen LogP contribution >= 0.6 is 0 Å². The van der Waals surface area contributed by atoms with Crippen LogP contribution in [0.5, 0.6) is 0 Å². The first-order valence-corrected chi connectivity index (χ1v) is 6.23. The molecular weight excluding hydrogens is 200 g/mol. The highest BCUT2D eigenvalue weighted by atomic mass is 15.3. The summed E-state index contributed by atoms with van der Waals surface area (Å²) in [5.41, 5.74) is 8.33. The molecule has 3 N–H and O–H groups in total. The van der Waals surface area contributed by atoms with E-state index in [4.69, 9.17) is 5.73 Å². The molecule has 1 aromatic heterocycles. The van der Waals surface area contributed by atoms with E-state index in [1.807, 2.05) is 11.7 Å². The number of nitrogens with one attached hydrogen (secondary N) is 1. The largest absolute Gasteiger partial charge is 0.379 e. The summed E-state index contributed by atoms with van der Waals surface area (Å²) < 4.78 is 1.88. The Morgan fingerprint density at radius 3 is 3.06 bits per heavy atom. The van der Waals surface area contributed by atoms with Crippen molar-refractivity contribution >= 4 is 5.69 Å². The number of anilines is 1. The monoisotopic (exact) mass is 222 g/mol. The van der Waals surface area contributed by atoms with E-state index in [2.05, 4.69) is 23.5 Å². The van der Waals surface area contributed by atoms with Crippen molar-refractivity contribution in [1.82, 2.24) is 9.78 Å². The minimum Gasteiger partial charge on any atom is -0.379 e. The van der Waals surface area contributed by atoms with Crippen LogP contribution in [0.1, 0.15) is 38.3 Å². The molecule has 0 amide bonds. The molecule has 2 atom stereocenters. The average Bonchev–Trinajstić information content (AvgIpc) is 2.59. The summed E-state index contributed by atoms with van der Waals surface area (Å²) in [4.78, 5) is 0. The first-order chi connectivity index (χ1) is 7.69. The molecule has 0 aromatic carbocycles. The van der Waals surface area contributed by atoms with E-state index in [0.717, 1.165) is 18.5 Å². The molecule has 1 fully saturated rings. The number of hydrogen-bond acceptors (Lipinski definition) is 3. The van der Waals surface area contributed by atoms with Gasteiger partial charge in [-0.1, -0.05) is 6.92 Å². The van der Waals surface area contributed by atoms with Gasteiger partial charge in [-0.15, -0.1) is 0 Å². The molecule has 0 spiro atoms. The van der Waals surface area contributed by atoms with E-state index in [-0.39, 0.29) is 0 Å². The lowest BCUT2D eigenvalue weighted by Gasteiger charge is -2.27. The van der Waals surface area contributed by atoms with Crippen LogP contribution in [0.2, 0.25) is 0 Å². The smallest absolute Gasteiger partial charge is 0.0853 e. The fourth-order valence-corrected chi connectivity index (χ4v) is 2.49. The molecule has 4 heteroatoms. The molecule has 90 valence electrons. The maximum Gasteiger partial charge on any atom is 0.0853 e. The summed E-state index contributed by atoms with van der Waals surface area (Å²) in [6.45, 7) is 2.14. The van der Waals surface area contributed by atoms with Gasteiger partial charge >= 0.3 is 0 Å². The van der Waals surface area contributed by atoms with E-state index >= 15 is 0 Å². The topological polar surface area (TPSA) is 55.9 Å². The Morgan fingerprint density at radius 1 is 1.56 bits per heavy atom. The highest BCUT2D eigenvalue weighted by Gasteiger charge is 2.20. The molecule has 0 radical (unpaired) electrons. The molecule has 4 nitrogen and oxygen atoms in total. The number of aryl methyl sites for hydroxylation is 2. The molecule has 1 aliphatic carbocycles. The van der Waals surface area contributed by atoms with Gasteiger partial charge in [-0.3, -0.25) is 4.68 Å². The first-order valence-electron chi connectivity index (χ1n) is 6.23. The molecule has 1 heterocycles. The van der Waals surface area contributed by atoms with E-state index in [1.54, 1.807) is 0 Å². The summed E-state index contributed by atoms with van der Waals surface area (Å²) in [7, 11) is 1.97.